The summed E-state index contributed by atoms with van der Waals surface area (Å²) in [6.45, 7) is 12.9. The Labute approximate surface area is 208 Å². The SMILES string of the molecule is CN=c1sc2cc(OCCN3CCOCC3)ccc2n1C(C)NC(=O)Nc1cc(C(C)(C)C)on1. The molecule has 0 saturated carbocycles. The predicted molar refractivity (Wildman–Crippen MR) is 136 cm³/mol. The number of fused-ring (bicyclic) bond motifs is 1. The molecule has 0 radical (unpaired) electrons. The molecule has 10 nitrogen and oxygen atoms in total. The minimum Gasteiger partial charge on any atom is -0.492 e. The largest absolute Gasteiger partial charge is 0.492 e. The second-order valence-electron chi connectivity index (χ2n) is 9.51. The first-order chi connectivity index (χ1) is 16.7. The molecule has 4 rings (SSSR count). The first kappa shape index (κ1) is 25.2. The Morgan fingerprint density at radius 1 is 1.29 bits per heavy atom. The lowest BCUT2D eigenvalue weighted by Gasteiger charge is -2.26. The molecule has 0 bridgehead atoms. The van der Waals surface area contributed by atoms with E-state index < -0.39 is 0 Å². The Morgan fingerprint density at radius 2 is 2.06 bits per heavy atom. The van der Waals surface area contributed by atoms with E-state index in [1.807, 2.05) is 50.5 Å². The summed E-state index contributed by atoms with van der Waals surface area (Å²) < 4.78 is 19.8. The zero-order valence-electron chi connectivity index (χ0n) is 21.0. The van der Waals surface area contributed by atoms with E-state index in [-0.39, 0.29) is 17.6 Å². The fraction of sp³-hybridized carbons (Fsp3) is 0.542. The van der Waals surface area contributed by atoms with Gasteiger partial charge in [-0.15, -0.1) is 0 Å². The highest BCUT2D eigenvalue weighted by Gasteiger charge is 2.21. The number of benzene rings is 1. The second kappa shape index (κ2) is 10.8. The first-order valence-electron chi connectivity index (χ1n) is 11.8. The van der Waals surface area contributed by atoms with Crippen molar-refractivity contribution in [3.8, 4) is 5.75 Å². The van der Waals surface area contributed by atoms with E-state index in [0.29, 0.717) is 18.2 Å². The number of amides is 2. The maximum absolute atomic E-state index is 12.6. The third-order valence-corrected chi connectivity index (χ3v) is 6.90. The fourth-order valence-electron chi connectivity index (χ4n) is 3.85. The zero-order chi connectivity index (χ0) is 25.0. The number of aromatic nitrogens is 2. The number of nitrogens with zero attached hydrogens (tertiary/aromatic N) is 4. The van der Waals surface area contributed by atoms with E-state index in [2.05, 4.69) is 25.7 Å². The minimum absolute atomic E-state index is 0.190. The summed E-state index contributed by atoms with van der Waals surface area (Å²) in [6, 6.07) is 7.36. The molecule has 1 aliphatic heterocycles. The van der Waals surface area contributed by atoms with E-state index >= 15 is 0 Å². The van der Waals surface area contributed by atoms with Gasteiger partial charge in [-0.1, -0.05) is 37.3 Å². The molecule has 1 fully saturated rings. The quantitative estimate of drug-likeness (QED) is 0.512. The van der Waals surface area contributed by atoms with Crippen LogP contribution in [-0.2, 0) is 10.2 Å². The Bertz CT molecular complexity index is 1220. The second-order valence-corrected chi connectivity index (χ2v) is 10.5. The maximum Gasteiger partial charge on any atom is 0.322 e. The molecule has 3 aromatic rings. The summed E-state index contributed by atoms with van der Waals surface area (Å²) in [6.07, 6.45) is -0.343. The molecule has 0 spiro atoms. The van der Waals surface area contributed by atoms with Crippen molar-refractivity contribution in [3.05, 3.63) is 34.8 Å². The monoisotopic (exact) mass is 502 g/mol. The van der Waals surface area contributed by atoms with Crippen molar-refractivity contribution >= 4 is 33.4 Å². The molecule has 11 heteroatoms. The van der Waals surface area contributed by atoms with Gasteiger partial charge < -0.3 is 19.3 Å². The molecule has 2 aromatic heterocycles. The molecule has 1 unspecified atom stereocenters. The van der Waals surface area contributed by atoms with Crippen LogP contribution < -0.4 is 20.2 Å². The molecule has 3 heterocycles. The fourth-order valence-corrected chi connectivity index (χ4v) is 4.94. The molecular weight excluding hydrogens is 468 g/mol. The van der Waals surface area contributed by atoms with E-state index in [9.17, 15) is 4.79 Å². The van der Waals surface area contributed by atoms with Gasteiger partial charge in [0.15, 0.2) is 10.6 Å². The number of hydrogen-bond donors (Lipinski definition) is 2. The van der Waals surface area contributed by atoms with Crippen LogP contribution in [0.2, 0.25) is 0 Å². The van der Waals surface area contributed by atoms with Crippen molar-refractivity contribution in [2.45, 2.75) is 39.3 Å². The van der Waals surface area contributed by atoms with Crippen molar-refractivity contribution in [2.75, 3.05) is 51.8 Å². The Morgan fingerprint density at radius 3 is 2.74 bits per heavy atom. The number of rotatable bonds is 7. The summed E-state index contributed by atoms with van der Waals surface area (Å²) >= 11 is 1.56. The Hall–Kier alpha value is -2.89. The van der Waals surface area contributed by atoms with Crippen LogP contribution in [0.4, 0.5) is 10.6 Å². The van der Waals surface area contributed by atoms with E-state index in [1.54, 1.807) is 24.5 Å². The van der Waals surface area contributed by atoms with Gasteiger partial charge in [-0.25, -0.2) is 4.79 Å². The van der Waals surface area contributed by atoms with Gasteiger partial charge >= 0.3 is 6.03 Å². The van der Waals surface area contributed by atoms with Crippen LogP contribution in [0, 0.1) is 0 Å². The number of ether oxygens (including phenoxy) is 2. The number of nitrogens with one attached hydrogen (secondary N) is 2. The van der Waals surface area contributed by atoms with Crippen molar-refractivity contribution < 1.29 is 18.8 Å². The molecule has 2 amide bonds. The van der Waals surface area contributed by atoms with E-state index in [0.717, 1.165) is 53.6 Å². The van der Waals surface area contributed by atoms with Gasteiger partial charge in [-0.3, -0.25) is 19.8 Å². The summed E-state index contributed by atoms with van der Waals surface area (Å²) in [5.41, 5.74) is 0.783. The predicted octanol–water partition coefficient (Wildman–Crippen LogP) is 3.57. The summed E-state index contributed by atoms with van der Waals surface area (Å²) in [4.78, 5) is 20.2. The van der Waals surface area contributed by atoms with Crippen LogP contribution in [-0.4, -0.2) is 67.2 Å². The molecule has 1 atom stereocenters. The lowest BCUT2D eigenvalue weighted by atomic mass is 9.93. The van der Waals surface area contributed by atoms with Gasteiger partial charge in [0.05, 0.1) is 23.4 Å². The van der Waals surface area contributed by atoms with Gasteiger partial charge in [-0.05, 0) is 25.1 Å². The molecule has 190 valence electrons. The lowest BCUT2D eigenvalue weighted by molar-refractivity contribution is 0.0322. The summed E-state index contributed by atoms with van der Waals surface area (Å²) in [5.74, 6) is 1.90. The molecule has 1 saturated heterocycles. The third kappa shape index (κ3) is 6.22. The number of morpholine rings is 1. The van der Waals surface area contributed by atoms with Crippen LogP contribution in [0.25, 0.3) is 10.2 Å². The highest BCUT2D eigenvalue weighted by molar-refractivity contribution is 7.16. The van der Waals surface area contributed by atoms with Crippen molar-refractivity contribution in [1.29, 1.82) is 0 Å². The molecule has 1 aliphatic rings. The van der Waals surface area contributed by atoms with Gasteiger partial charge in [0.25, 0.3) is 0 Å². The minimum atomic E-state index is -0.372. The number of urea groups is 1. The van der Waals surface area contributed by atoms with Crippen molar-refractivity contribution in [2.24, 2.45) is 4.99 Å². The average molecular weight is 503 g/mol. The normalized spacial score (nSPS) is 16.4. The van der Waals surface area contributed by atoms with E-state index in [1.165, 1.54) is 0 Å². The van der Waals surface area contributed by atoms with Crippen LogP contribution in [0.3, 0.4) is 0 Å². The number of carbonyl (C=O) groups excluding carboxylic acids is 1. The molecular formula is C24H34N6O4S. The van der Waals surface area contributed by atoms with Crippen LogP contribution in [0.15, 0.2) is 33.8 Å². The standard InChI is InChI=1S/C24H34N6O4S/c1-16(26-22(31)27-21-15-20(34-28-21)24(2,3)4)30-18-7-6-17(14-19(18)35-23(30)25-5)33-13-10-29-8-11-32-12-9-29/h6-7,14-16H,8-13H2,1-5H3,(H2,26,27,28,31). The molecule has 35 heavy (non-hydrogen) atoms. The highest BCUT2D eigenvalue weighted by atomic mass is 32.1. The van der Waals surface area contributed by atoms with Crippen LogP contribution >= 0.6 is 11.3 Å². The van der Waals surface area contributed by atoms with Gasteiger partial charge in [0.1, 0.15) is 24.3 Å². The zero-order valence-corrected chi connectivity index (χ0v) is 21.8. The number of thiazole rings is 1. The third-order valence-electron chi connectivity index (χ3n) is 5.79. The van der Waals surface area contributed by atoms with Gasteiger partial charge in [0.2, 0.25) is 0 Å². The maximum atomic E-state index is 12.6. The van der Waals surface area contributed by atoms with Crippen molar-refractivity contribution in [1.82, 2.24) is 19.9 Å². The first-order valence-corrected chi connectivity index (χ1v) is 12.6. The number of anilines is 1. The summed E-state index contributed by atoms with van der Waals surface area (Å²) in [5, 5.41) is 9.65. The van der Waals surface area contributed by atoms with Gasteiger partial charge in [0, 0.05) is 38.2 Å². The van der Waals surface area contributed by atoms with Crippen LogP contribution in [0.5, 0.6) is 5.75 Å². The highest BCUT2D eigenvalue weighted by Crippen LogP contribution is 2.26. The molecule has 0 aliphatic carbocycles. The van der Waals surface area contributed by atoms with Crippen molar-refractivity contribution in [3.63, 3.8) is 0 Å². The molecule has 2 N–H and O–H groups in total. The topological polar surface area (TPSA) is 106 Å². The average Bonchev–Trinajstić information content (AvgIpc) is 3.43. The lowest BCUT2D eigenvalue weighted by Crippen LogP contribution is -2.38. The smallest absolute Gasteiger partial charge is 0.322 e. The number of carbonyl (C=O) groups is 1. The van der Waals surface area contributed by atoms with Gasteiger partial charge in [-0.2, -0.15) is 0 Å². The molecule has 1 aromatic carbocycles. The Kier molecular flexibility index (Phi) is 7.78. The van der Waals surface area contributed by atoms with Crippen LogP contribution in [0.1, 0.15) is 39.6 Å². The number of hydrogen-bond acceptors (Lipinski definition) is 8. The van der Waals surface area contributed by atoms with E-state index in [4.69, 9.17) is 14.0 Å². The Balaban J connectivity index is 1.41. The summed E-state index contributed by atoms with van der Waals surface area (Å²) in [7, 11) is 1.75.